The van der Waals surface area contributed by atoms with E-state index in [2.05, 4.69) is 5.10 Å². The van der Waals surface area contributed by atoms with Crippen LogP contribution in [0.4, 0.5) is 4.39 Å². The van der Waals surface area contributed by atoms with Crippen molar-refractivity contribution < 1.29 is 4.39 Å². The van der Waals surface area contributed by atoms with E-state index in [1.54, 1.807) is 24.0 Å². The van der Waals surface area contributed by atoms with E-state index in [9.17, 15) is 9.18 Å². The third-order valence-electron chi connectivity index (χ3n) is 2.63. The molecule has 0 aliphatic carbocycles. The van der Waals surface area contributed by atoms with Crippen LogP contribution in [-0.2, 0) is 13.5 Å². The Hall–Kier alpha value is -1.91. The van der Waals surface area contributed by atoms with Gasteiger partial charge in [-0.25, -0.2) is 4.39 Å². The molecule has 0 aliphatic heterocycles. The van der Waals surface area contributed by atoms with Crippen LogP contribution in [0.1, 0.15) is 19.4 Å². The fourth-order valence-corrected chi connectivity index (χ4v) is 1.89. The smallest absolute Gasteiger partial charge is 0.259 e. The highest BCUT2D eigenvalue weighted by Gasteiger charge is 2.11. The molecule has 2 heterocycles. The van der Waals surface area contributed by atoms with Crippen LogP contribution < -0.4 is 5.56 Å². The standard InChI is InChI=1S/C13H16FN3O/c1-9(2)6-10-7-11(14)8-17(13(10)18)12-4-5-16(3)15-12/h4-5,7-9H,6H2,1-3H3. The minimum Gasteiger partial charge on any atom is -0.274 e. The molecule has 0 bridgehead atoms. The molecule has 5 heteroatoms. The Balaban J connectivity index is 2.54. The fraction of sp³-hybridized carbons (Fsp3) is 0.385. The van der Waals surface area contributed by atoms with Crippen molar-refractivity contribution in [2.24, 2.45) is 13.0 Å². The minimum atomic E-state index is -0.420. The summed E-state index contributed by atoms with van der Waals surface area (Å²) in [5.41, 5.74) is 0.277. The number of aryl methyl sites for hydroxylation is 1. The van der Waals surface area contributed by atoms with Gasteiger partial charge in [0, 0.05) is 31.1 Å². The third-order valence-corrected chi connectivity index (χ3v) is 2.63. The van der Waals surface area contributed by atoms with Crippen molar-refractivity contribution in [3.05, 3.63) is 46.3 Å². The molecule has 0 N–H and O–H groups in total. The van der Waals surface area contributed by atoms with Crippen LogP contribution >= 0.6 is 0 Å². The molecule has 0 atom stereocenters. The Kier molecular flexibility index (Phi) is 3.32. The SMILES string of the molecule is CC(C)Cc1cc(F)cn(-c2ccn(C)n2)c1=O. The molecule has 96 valence electrons. The lowest BCUT2D eigenvalue weighted by atomic mass is 10.0. The predicted octanol–water partition coefficient (Wildman–Crippen LogP) is 1.91. The first-order chi connectivity index (χ1) is 8.47. The summed E-state index contributed by atoms with van der Waals surface area (Å²) in [5.74, 6) is 0.319. The number of hydrogen-bond donors (Lipinski definition) is 0. The molecule has 18 heavy (non-hydrogen) atoms. The summed E-state index contributed by atoms with van der Waals surface area (Å²) in [6, 6.07) is 2.99. The first-order valence-electron chi connectivity index (χ1n) is 5.88. The number of aromatic nitrogens is 3. The van der Waals surface area contributed by atoms with Crippen molar-refractivity contribution in [1.82, 2.24) is 14.3 Å². The first kappa shape index (κ1) is 12.5. The van der Waals surface area contributed by atoms with Crippen LogP contribution in [0.2, 0.25) is 0 Å². The van der Waals surface area contributed by atoms with E-state index in [1.165, 1.54) is 16.8 Å². The summed E-state index contributed by atoms with van der Waals surface area (Å²) in [6.07, 6.45) is 3.45. The second-order valence-corrected chi connectivity index (χ2v) is 4.80. The fourth-order valence-electron chi connectivity index (χ4n) is 1.89. The normalized spacial score (nSPS) is 11.2. The van der Waals surface area contributed by atoms with Crippen molar-refractivity contribution in [2.75, 3.05) is 0 Å². The van der Waals surface area contributed by atoms with Crippen LogP contribution in [0, 0.1) is 11.7 Å². The average Bonchev–Trinajstić information content (AvgIpc) is 2.69. The highest BCUT2D eigenvalue weighted by Crippen LogP contribution is 2.08. The van der Waals surface area contributed by atoms with E-state index >= 15 is 0 Å². The maximum atomic E-state index is 13.6. The third kappa shape index (κ3) is 2.50. The lowest BCUT2D eigenvalue weighted by Crippen LogP contribution is -2.24. The molecule has 0 aromatic carbocycles. The molecule has 2 rings (SSSR count). The average molecular weight is 249 g/mol. The molecule has 0 fully saturated rings. The van der Waals surface area contributed by atoms with Gasteiger partial charge in [0.1, 0.15) is 5.82 Å². The molecule has 0 amide bonds. The van der Waals surface area contributed by atoms with Crippen molar-refractivity contribution >= 4 is 0 Å². The number of rotatable bonds is 3. The van der Waals surface area contributed by atoms with E-state index in [0.717, 1.165) is 0 Å². The maximum absolute atomic E-state index is 13.6. The van der Waals surface area contributed by atoms with Gasteiger partial charge in [-0.2, -0.15) is 5.10 Å². The van der Waals surface area contributed by atoms with Crippen molar-refractivity contribution in [3.8, 4) is 5.82 Å². The van der Waals surface area contributed by atoms with E-state index in [1.807, 2.05) is 13.8 Å². The molecular weight excluding hydrogens is 233 g/mol. The molecule has 0 radical (unpaired) electrons. The zero-order valence-corrected chi connectivity index (χ0v) is 10.7. The lowest BCUT2D eigenvalue weighted by molar-refractivity contribution is 0.591. The Morgan fingerprint density at radius 3 is 2.72 bits per heavy atom. The number of hydrogen-bond acceptors (Lipinski definition) is 2. The molecule has 4 nitrogen and oxygen atoms in total. The number of halogens is 1. The zero-order chi connectivity index (χ0) is 13.3. The molecule has 0 unspecified atom stereocenters. The quantitative estimate of drug-likeness (QED) is 0.833. The zero-order valence-electron chi connectivity index (χ0n) is 10.7. The molecule has 0 spiro atoms. The Labute approximate surface area is 105 Å². The minimum absolute atomic E-state index is 0.205. The largest absolute Gasteiger partial charge is 0.274 e. The Morgan fingerprint density at radius 2 is 2.17 bits per heavy atom. The van der Waals surface area contributed by atoms with E-state index in [4.69, 9.17) is 0 Å². The summed E-state index contributed by atoms with van der Waals surface area (Å²) in [5, 5.41) is 4.12. The summed E-state index contributed by atoms with van der Waals surface area (Å²) < 4.78 is 16.4. The van der Waals surface area contributed by atoms with Gasteiger partial charge >= 0.3 is 0 Å². The maximum Gasteiger partial charge on any atom is 0.259 e. The van der Waals surface area contributed by atoms with Crippen LogP contribution in [-0.4, -0.2) is 14.3 Å². The number of pyridine rings is 1. The number of nitrogens with zero attached hydrogens (tertiary/aromatic N) is 3. The topological polar surface area (TPSA) is 39.8 Å². The van der Waals surface area contributed by atoms with Gasteiger partial charge in [0.25, 0.3) is 5.56 Å². The van der Waals surface area contributed by atoms with Crippen molar-refractivity contribution in [3.63, 3.8) is 0 Å². The predicted molar refractivity (Wildman–Crippen MR) is 67.3 cm³/mol. The second-order valence-electron chi connectivity index (χ2n) is 4.80. The van der Waals surface area contributed by atoms with E-state index < -0.39 is 5.82 Å². The first-order valence-corrected chi connectivity index (χ1v) is 5.88. The Bertz CT molecular complexity index is 613. The van der Waals surface area contributed by atoms with Gasteiger partial charge in [0.2, 0.25) is 0 Å². The van der Waals surface area contributed by atoms with Crippen LogP contribution in [0.3, 0.4) is 0 Å². The van der Waals surface area contributed by atoms with Gasteiger partial charge in [-0.05, 0) is 18.4 Å². The summed E-state index contributed by atoms with van der Waals surface area (Å²) in [7, 11) is 1.75. The van der Waals surface area contributed by atoms with Gasteiger partial charge in [-0.1, -0.05) is 13.8 Å². The lowest BCUT2D eigenvalue weighted by Gasteiger charge is -2.08. The summed E-state index contributed by atoms with van der Waals surface area (Å²) in [6.45, 7) is 3.99. The molecule has 0 saturated heterocycles. The second kappa shape index (κ2) is 4.76. The summed E-state index contributed by atoms with van der Waals surface area (Å²) in [4.78, 5) is 12.2. The molecule has 2 aromatic heterocycles. The van der Waals surface area contributed by atoms with E-state index in [-0.39, 0.29) is 5.56 Å². The highest BCUT2D eigenvalue weighted by atomic mass is 19.1. The van der Waals surface area contributed by atoms with Crippen LogP contribution in [0.5, 0.6) is 0 Å². The van der Waals surface area contributed by atoms with E-state index in [0.29, 0.717) is 23.7 Å². The Morgan fingerprint density at radius 1 is 1.44 bits per heavy atom. The molecule has 2 aromatic rings. The van der Waals surface area contributed by atoms with Crippen molar-refractivity contribution in [1.29, 1.82) is 0 Å². The van der Waals surface area contributed by atoms with Crippen LogP contribution in [0.15, 0.2) is 29.3 Å². The van der Waals surface area contributed by atoms with Gasteiger partial charge in [-0.15, -0.1) is 0 Å². The van der Waals surface area contributed by atoms with Crippen molar-refractivity contribution in [2.45, 2.75) is 20.3 Å². The monoisotopic (exact) mass is 249 g/mol. The van der Waals surface area contributed by atoms with Crippen LogP contribution in [0.25, 0.3) is 5.82 Å². The molecular formula is C13H16FN3O. The highest BCUT2D eigenvalue weighted by molar-refractivity contribution is 5.24. The summed E-state index contributed by atoms with van der Waals surface area (Å²) >= 11 is 0. The molecule has 0 aliphatic rings. The van der Waals surface area contributed by atoms with Gasteiger partial charge in [0.05, 0.1) is 0 Å². The van der Waals surface area contributed by atoms with Gasteiger partial charge in [0.15, 0.2) is 5.82 Å². The van der Waals surface area contributed by atoms with Gasteiger partial charge < -0.3 is 0 Å². The molecule has 0 saturated carbocycles. The van der Waals surface area contributed by atoms with Gasteiger partial charge in [-0.3, -0.25) is 14.0 Å².